The molecule has 0 bridgehead atoms. The summed E-state index contributed by atoms with van der Waals surface area (Å²) >= 11 is 5.93. The Balaban J connectivity index is 1.72. The molecule has 1 heterocycles. The van der Waals surface area contributed by atoms with Crippen LogP contribution in [0.3, 0.4) is 0 Å². The number of hydrogen-bond acceptors (Lipinski definition) is 4. The lowest BCUT2D eigenvalue weighted by molar-refractivity contribution is 0.102. The third-order valence-corrected chi connectivity index (χ3v) is 3.76. The summed E-state index contributed by atoms with van der Waals surface area (Å²) in [5.74, 6) is 0.633. The highest BCUT2D eigenvalue weighted by Crippen LogP contribution is 2.23. The second kappa shape index (κ2) is 7.25. The van der Waals surface area contributed by atoms with E-state index in [2.05, 4.69) is 0 Å². The predicted octanol–water partition coefficient (Wildman–Crippen LogP) is 5.27. The van der Waals surface area contributed by atoms with E-state index in [1.54, 1.807) is 49.4 Å². The van der Waals surface area contributed by atoms with Crippen LogP contribution in [0.5, 0.6) is 5.75 Å². The number of rotatable bonds is 5. The number of furan rings is 1. The van der Waals surface area contributed by atoms with E-state index in [0.717, 1.165) is 10.9 Å². The first-order valence-corrected chi connectivity index (χ1v) is 8.01. The molecule has 1 unspecified atom stereocenters. The van der Waals surface area contributed by atoms with E-state index in [1.807, 2.05) is 18.2 Å². The maximum atomic E-state index is 12.2. The topological polar surface area (TPSA) is 63.2 Å². The number of carbonyl (C=O) groups excluding carboxylic acids is 1. The molecule has 3 aromatic rings. The molecule has 1 aromatic heterocycles. The van der Waals surface area contributed by atoms with Crippen molar-refractivity contribution in [3.05, 3.63) is 71.0 Å². The van der Waals surface area contributed by atoms with Gasteiger partial charge in [0.25, 0.3) is 0 Å². The number of ketones is 1. The molecule has 0 fully saturated rings. The van der Waals surface area contributed by atoms with E-state index < -0.39 is 6.10 Å². The van der Waals surface area contributed by atoms with Crippen molar-refractivity contribution in [2.45, 2.75) is 13.0 Å². The van der Waals surface area contributed by atoms with E-state index >= 15 is 0 Å². The van der Waals surface area contributed by atoms with Crippen molar-refractivity contribution in [2.75, 3.05) is 0 Å². The smallest absolute Gasteiger partial charge is 0.221 e. The summed E-state index contributed by atoms with van der Waals surface area (Å²) in [6, 6.07) is 16.0. The van der Waals surface area contributed by atoms with Gasteiger partial charge in [0.1, 0.15) is 17.4 Å². The average Bonchev–Trinajstić information content (AvgIpc) is 3.04. The highest BCUT2D eigenvalue weighted by Gasteiger charge is 2.10. The van der Waals surface area contributed by atoms with Crippen molar-refractivity contribution in [1.29, 1.82) is 5.26 Å². The number of fused-ring (bicyclic) bond motifs is 1. The third-order valence-electron chi connectivity index (χ3n) is 3.52. The van der Waals surface area contributed by atoms with Crippen LogP contribution in [0, 0.1) is 11.3 Å². The first-order chi connectivity index (χ1) is 12.0. The van der Waals surface area contributed by atoms with Gasteiger partial charge in [0.2, 0.25) is 5.78 Å². The Morgan fingerprint density at radius 2 is 2.00 bits per heavy atom. The summed E-state index contributed by atoms with van der Waals surface area (Å²) < 4.78 is 10.9. The van der Waals surface area contributed by atoms with Crippen molar-refractivity contribution < 1.29 is 13.9 Å². The van der Waals surface area contributed by atoms with E-state index in [-0.39, 0.29) is 11.5 Å². The van der Waals surface area contributed by atoms with Crippen LogP contribution in [0.4, 0.5) is 0 Å². The minimum atomic E-state index is -0.510. The summed E-state index contributed by atoms with van der Waals surface area (Å²) in [5.41, 5.74) is 1.46. The summed E-state index contributed by atoms with van der Waals surface area (Å²) in [6.07, 6.45) is 2.64. The molecule has 0 aliphatic rings. The Morgan fingerprint density at radius 1 is 1.24 bits per heavy atom. The zero-order valence-corrected chi connectivity index (χ0v) is 14.2. The van der Waals surface area contributed by atoms with E-state index in [1.165, 1.54) is 6.08 Å². The van der Waals surface area contributed by atoms with Gasteiger partial charge in [0, 0.05) is 10.4 Å². The molecule has 0 amide bonds. The molecular weight excluding hydrogens is 338 g/mol. The van der Waals surface area contributed by atoms with Crippen molar-refractivity contribution in [3.8, 4) is 11.8 Å². The van der Waals surface area contributed by atoms with Gasteiger partial charge in [-0.15, -0.1) is 0 Å². The fourth-order valence-electron chi connectivity index (χ4n) is 2.28. The average molecular weight is 352 g/mol. The van der Waals surface area contributed by atoms with Gasteiger partial charge >= 0.3 is 0 Å². The monoisotopic (exact) mass is 351 g/mol. The van der Waals surface area contributed by atoms with Gasteiger partial charge in [-0.2, -0.15) is 5.26 Å². The Kier molecular flexibility index (Phi) is 4.87. The van der Waals surface area contributed by atoms with Crippen LogP contribution in [-0.2, 0) is 0 Å². The molecule has 0 saturated heterocycles. The fourth-order valence-corrected chi connectivity index (χ4v) is 2.46. The van der Waals surface area contributed by atoms with Crippen LogP contribution in [0.15, 0.2) is 59.0 Å². The zero-order chi connectivity index (χ0) is 17.8. The minimum Gasteiger partial charge on any atom is -0.476 e. The van der Waals surface area contributed by atoms with Gasteiger partial charge in [-0.05, 0) is 55.0 Å². The van der Waals surface area contributed by atoms with Crippen molar-refractivity contribution in [1.82, 2.24) is 0 Å². The number of allylic oxidation sites excluding steroid dienone is 1. The van der Waals surface area contributed by atoms with E-state index in [4.69, 9.17) is 26.0 Å². The van der Waals surface area contributed by atoms with Crippen LogP contribution in [0.25, 0.3) is 17.0 Å². The summed E-state index contributed by atoms with van der Waals surface area (Å²) in [7, 11) is 0. The van der Waals surface area contributed by atoms with E-state index in [9.17, 15) is 4.79 Å². The lowest BCUT2D eigenvalue weighted by Gasteiger charge is -2.07. The Morgan fingerprint density at radius 3 is 2.72 bits per heavy atom. The SMILES string of the molecule is CC(C#N)Oc1ccc(/C=C/C(=O)c2cc3cc(Cl)ccc3o2)cc1. The summed E-state index contributed by atoms with van der Waals surface area (Å²) in [4.78, 5) is 12.2. The molecule has 3 rings (SSSR count). The van der Waals surface area contributed by atoms with Crippen LogP contribution < -0.4 is 4.74 Å². The van der Waals surface area contributed by atoms with Gasteiger partial charge in [0.05, 0.1) is 0 Å². The maximum Gasteiger partial charge on any atom is 0.221 e. The number of ether oxygens (including phenoxy) is 1. The number of nitriles is 1. The number of halogens is 1. The second-order valence-electron chi connectivity index (χ2n) is 5.45. The number of hydrogen-bond donors (Lipinski definition) is 0. The van der Waals surface area contributed by atoms with Gasteiger partial charge < -0.3 is 9.15 Å². The highest BCUT2D eigenvalue weighted by molar-refractivity contribution is 6.31. The first kappa shape index (κ1) is 16.8. The maximum absolute atomic E-state index is 12.2. The van der Waals surface area contributed by atoms with Crippen LogP contribution in [-0.4, -0.2) is 11.9 Å². The predicted molar refractivity (Wildman–Crippen MR) is 96.7 cm³/mol. The molecule has 25 heavy (non-hydrogen) atoms. The fraction of sp³-hybridized carbons (Fsp3) is 0.100. The standard InChI is InChI=1S/C20H14ClNO3/c1-13(12-22)24-17-6-2-14(3-7-17)4-8-18(23)20-11-15-10-16(21)5-9-19(15)25-20/h2-11,13H,1H3/b8-4+. The molecule has 0 N–H and O–H groups in total. The number of carbonyl (C=O) groups is 1. The lowest BCUT2D eigenvalue weighted by atomic mass is 10.1. The van der Waals surface area contributed by atoms with Gasteiger partial charge in [-0.3, -0.25) is 4.79 Å². The minimum absolute atomic E-state index is 0.231. The van der Waals surface area contributed by atoms with Crippen molar-refractivity contribution in [2.24, 2.45) is 0 Å². The molecule has 2 aromatic carbocycles. The molecule has 5 heteroatoms. The summed E-state index contributed by atoms with van der Waals surface area (Å²) in [6.45, 7) is 1.67. The third kappa shape index (κ3) is 4.09. The number of nitrogens with zero attached hydrogens (tertiary/aromatic N) is 1. The Hall–Kier alpha value is -3.03. The van der Waals surface area contributed by atoms with Crippen molar-refractivity contribution >= 4 is 34.4 Å². The quantitative estimate of drug-likeness (QED) is 0.463. The first-order valence-electron chi connectivity index (χ1n) is 7.63. The lowest BCUT2D eigenvalue weighted by Crippen LogP contribution is -2.07. The number of benzene rings is 2. The normalized spacial score (nSPS) is 12.2. The zero-order valence-electron chi connectivity index (χ0n) is 13.4. The molecule has 124 valence electrons. The molecular formula is C20H14ClNO3. The van der Waals surface area contributed by atoms with Crippen LogP contribution >= 0.6 is 11.6 Å². The van der Waals surface area contributed by atoms with E-state index in [0.29, 0.717) is 16.4 Å². The van der Waals surface area contributed by atoms with Crippen LogP contribution in [0.1, 0.15) is 23.0 Å². The van der Waals surface area contributed by atoms with Gasteiger partial charge in [-0.1, -0.05) is 29.8 Å². The summed E-state index contributed by atoms with van der Waals surface area (Å²) in [5, 5.41) is 10.1. The Bertz CT molecular complexity index is 980. The molecule has 4 nitrogen and oxygen atoms in total. The second-order valence-corrected chi connectivity index (χ2v) is 5.89. The largest absolute Gasteiger partial charge is 0.476 e. The molecule has 1 atom stereocenters. The molecule has 0 spiro atoms. The molecule has 0 radical (unpaired) electrons. The van der Waals surface area contributed by atoms with Crippen molar-refractivity contribution in [3.63, 3.8) is 0 Å². The van der Waals surface area contributed by atoms with Crippen LogP contribution in [0.2, 0.25) is 5.02 Å². The van der Waals surface area contributed by atoms with Gasteiger partial charge in [-0.25, -0.2) is 0 Å². The van der Waals surface area contributed by atoms with Gasteiger partial charge in [0.15, 0.2) is 11.9 Å². The molecule has 0 saturated carbocycles. The molecule has 0 aliphatic carbocycles. The molecule has 0 aliphatic heterocycles. The Labute approximate surface area is 149 Å². The highest BCUT2D eigenvalue weighted by atomic mass is 35.5.